The van der Waals surface area contributed by atoms with Crippen LogP contribution < -0.4 is 20.5 Å². The van der Waals surface area contributed by atoms with Crippen LogP contribution in [0.1, 0.15) is 17.3 Å². The van der Waals surface area contributed by atoms with Crippen molar-refractivity contribution >= 4 is 29.3 Å². The average Bonchev–Trinajstić information content (AvgIpc) is 3.51. The van der Waals surface area contributed by atoms with Gasteiger partial charge in [-0.25, -0.2) is 0 Å². The predicted molar refractivity (Wildman–Crippen MR) is 132 cm³/mol. The van der Waals surface area contributed by atoms with Crippen molar-refractivity contribution in [3.05, 3.63) is 78.4 Å². The number of rotatable bonds is 7. The number of benzene rings is 3. The van der Waals surface area contributed by atoms with Crippen LogP contribution in [0.4, 0.5) is 5.69 Å². The van der Waals surface area contributed by atoms with Gasteiger partial charge in [0.25, 0.3) is 0 Å². The number of carbonyl (C=O) groups is 2. The van der Waals surface area contributed by atoms with E-state index in [1.807, 2.05) is 53.1 Å². The number of nitrogens with zero attached hydrogens (tertiary/aromatic N) is 3. The molecule has 3 aromatic carbocycles. The van der Waals surface area contributed by atoms with E-state index >= 15 is 0 Å². The lowest BCUT2D eigenvalue weighted by Gasteiger charge is -2.14. The number of para-hydroxylation sites is 1. The number of hydrogen-bond donors (Lipinski definition) is 2. The molecule has 2 heterocycles. The van der Waals surface area contributed by atoms with Crippen molar-refractivity contribution in [2.24, 2.45) is 5.73 Å². The molecule has 1 unspecified atom stereocenters. The van der Waals surface area contributed by atoms with E-state index in [0.717, 1.165) is 11.3 Å². The Labute approximate surface area is 205 Å². The van der Waals surface area contributed by atoms with Gasteiger partial charge in [-0.3, -0.25) is 14.2 Å². The molecule has 0 spiro atoms. The Hall–Kier alpha value is -4.31. The summed E-state index contributed by atoms with van der Waals surface area (Å²) < 4.78 is 12.9. The summed E-state index contributed by atoms with van der Waals surface area (Å²) in [6.07, 6.45) is 0. The van der Waals surface area contributed by atoms with Crippen molar-refractivity contribution in [3.63, 3.8) is 0 Å². The molecule has 9 nitrogen and oxygen atoms in total. The summed E-state index contributed by atoms with van der Waals surface area (Å²) in [6, 6.07) is 21.7. The molecule has 3 N–H and O–H groups in total. The van der Waals surface area contributed by atoms with Gasteiger partial charge in [0.1, 0.15) is 0 Å². The van der Waals surface area contributed by atoms with Gasteiger partial charge >= 0.3 is 0 Å². The summed E-state index contributed by atoms with van der Waals surface area (Å²) in [5, 5.41) is 11.8. The number of thioether (sulfide) groups is 1. The Morgan fingerprint density at radius 3 is 2.49 bits per heavy atom. The van der Waals surface area contributed by atoms with Crippen LogP contribution in [0, 0.1) is 0 Å². The van der Waals surface area contributed by atoms with Crippen molar-refractivity contribution in [3.8, 4) is 28.6 Å². The van der Waals surface area contributed by atoms with E-state index in [1.54, 1.807) is 31.2 Å². The molecular weight excluding hydrogens is 466 g/mol. The molecule has 35 heavy (non-hydrogen) atoms. The van der Waals surface area contributed by atoms with Crippen LogP contribution in [0.5, 0.6) is 11.5 Å². The first-order chi connectivity index (χ1) is 17.0. The number of anilines is 1. The zero-order chi connectivity index (χ0) is 24.4. The zero-order valence-electron chi connectivity index (χ0n) is 18.7. The Morgan fingerprint density at radius 1 is 1.00 bits per heavy atom. The fourth-order valence-corrected chi connectivity index (χ4v) is 4.42. The lowest BCUT2D eigenvalue weighted by Crippen LogP contribution is -2.23. The molecule has 0 bridgehead atoms. The van der Waals surface area contributed by atoms with Crippen LogP contribution in [-0.4, -0.2) is 38.6 Å². The highest BCUT2D eigenvalue weighted by Gasteiger charge is 2.23. The number of nitrogens with two attached hydrogens (primary N) is 1. The maximum atomic E-state index is 12.9. The van der Waals surface area contributed by atoms with Crippen molar-refractivity contribution < 1.29 is 19.1 Å². The van der Waals surface area contributed by atoms with Gasteiger partial charge in [0.15, 0.2) is 22.5 Å². The lowest BCUT2D eigenvalue weighted by molar-refractivity contribution is -0.115. The maximum absolute atomic E-state index is 12.9. The van der Waals surface area contributed by atoms with Crippen LogP contribution in [-0.2, 0) is 4.79 Å². The van der Waals surface area contributed by atoms with Gasteiger partial charge in [-0.2, -0.15) is 0 Å². The van der Waals surface area contributed by atoms with E-state index in [2.05, 4.69) is 15.5 Å². The second kappa shape index (κ2) is 9.51. The monoisotopic (exact) mass is 487 g/mol. The van der Waals surface area contributed by atoms with Crippen LogP contribution in [0.15, 0.2) is 78.0 Å². The average molecular weight is 488 g/mol. The number of primary amides is 1. The van der Waals surface area contributed by atoms with Gasteiger partial charge in [-0.15, -0.1) is 10.2 Å². The number of ether oxygens (including phenoxy) is 2. The quantitative estimate of drug-likeness (QED) is 0.379. The van der Waals surface area contributed by atoms with E-state index in [1.165, 1.54) is 11.8 Å². The Bertz CT molecular complexity index is 1390. The van der Waals surface area contributed by atoms with E-state index in [0.29, 0.717) is 33.7 Å². The Morgan fingerprint density at radius 2 is 1.74 bits per heavy atom. The van der Waals surface area contributed by atoms with Crippen molar-refractivity contribution in [1.82, 2.24) is 14.8 Å². The molecule has 0 saturated heterocycles. The summed E-state index contributed by atoms with van der Waals surface area (Å²) in [6.45, 7) is 1.98. The van der Waals surface area contributed by atoms with Crippen molar-refractivity contribution in [2.45, 2.75) is 17.3 Å². The van der Waals surface area contributed by atoms with Gasteiger partial charge in [0.05, 0.1) is 5.25 Å². The highest BCUT2D eigenvalue weighted by atomic mass is 32.2. The maximum Gasteiger partial charge on any atom is 0.248 e. The van der Waals surface area contributed by atoms with Crippen LogP contribution in [0.25, 0.3) is 17.1 Å². The standard InChI is InChI=1S/C25H21N5O4S/c1-15(24(32)27-18-10-7-16(8-11-18)22(26)31)35-25-29-28-23(30(25)19-5-3-2-4-6-19)17-9-12-20-21(13-17)34-14-33-20/h2-13,15H,14H2,1H3,(H2,26,31)(H,27,32). The van der Waals surface area contributed by atoms with Crippen LogP contribution >= 0.6 is 11.8 Å². The fraction of sp³-hybridized carbons (Fsp3) is 0.120. The summed E-state index contributed by atoms with van der Waals surface area (Å²) in [7, 11) is 0. The van der Waals surface area contributed by atoms with Gasteiger partial charge < -0.3 is 20.5 Å². The summed E-state index contributed by atoms with van der Waals surface area (Å²) in [4.78, 5) is 24.1. The molecule has 1 aliphatic rings. The first kappa shape index (κ1) is 22.5. The van der Waals surface area contributed by atoms with E-state index in [4.69, 9.17) is 15.2 Å². The molecule has 1 atom stereocenters. The predicted octanol–water partition coefficient (Wildman–Crippen LogP) is 3.88. The SMILES string of the molecule is CC(Sc1nnc(-c2ccc3c(c2)OCO3)n1-c1ccccc1)C(=O)Nc1ccc(C(N)=O)cc1. The number of amides is 2. The Balaban J connectivity index is 1.41. The minimum absolute atomic E-state index is 0.184. The molecule has 4 aromatic rings. The number of fused-ring (bicyclic) bond motifs is 1. The van der Waals surface area contributed by atoms with Crippen LogP contribution in [0.2, 0.25) is 0 Å². The molecule has 176 valence electrons. The third-order valence-corrected chi connectivity index (χ3v) is 6.41. The molecular formula is C25H21N5O4S. The van der Waals surface area contributed by atoms with Gasteiger partial charge in [-0.05, 0) is 61.5 Å². The fourth-order valence-electron chi connectivity index (χ4n) is 3.55. The smallest absolute Gasteiger partial charge is 0.248 e. The Kier molecular flexibility index (Phi) is 6.11. The normalized spacial score (nSPS) is 12.8. The number of carbonyl (C=O) groups excluding carboxylic acids is 2. The first-order valence-electron chi connectivity index (χ1n) is 10.8. The molecule has 5 rings (SSSR count). The van der Waals surface area contributed by atoms with Gasteiger partial charge in [-0.1, -0.05) is 30.0 Å². The third-order valence-electron chi connectivity index (χ3n) is 5.37. The molecule has 0 aliphatic carbocycles. The van der Waals surface area contributed by atoms with Crippen molar-refractivity contribution in [2.75, 3.05) is 12.1 Å². The largest absolute Gasteiger partial charge is 0.454 e. The number of nitrogens with one attached hydrogen (secondary N) is 1. The summed E-state index contributed by atoms with van der Waals surface area (Å²) in [5.41, 5.74) is 7.89. The van der Waals surface area contributed by atoms with E-state index in [9.17, 15) is 9.59 Å². The second-order valence-corrected chi connectivity index (χ2v) is 9.04. The molecule has 2 amide bonds. The summed E-state index contributed by atoms with van der Waals surface area (Å²) >= 11 is 1.29. The molecule has 1 aromatic heterocycles. The highest BCUT2D eigenvalue weighted by molar-refractivity contribution is 8.00. The van der Waals surface area contributed by atoms with Crippen molar-refractivity contribution in [1.29, 1.82) is 0 Å². The first-order valence-corrected chi connectivity index (χ1v) is 11.7. The zero-order valence-corrected chi connectivity index (χ0v) is 19.5. The number of aromatic nitrogens is 3. The number of hydrogen-bond acceptors (Lipinski definition) is 7. The highest BCUT2D eigenvalue weighted by Crippen LogP contribution is 2.37. The molecule has 0 fully saturated rings. The molecule has 1 aliphatic heterocycles. The summed E-state index contributed by atoms with van der Waals surface area (Å²) in [5.74, 6) is 1.21. The molecule has 10 heteroatoms. The second-order valence-electron chi connectivity index (χ2n) is 7.74. The van der Waals surface area contributed by atoms with Crippen LogP contribution in [0.3, 0.4) is 0 Å². The van der Waals surface area contributed by atoms with E-state index < -0.39 is 11.2 Å². The van der Waals surface area contributed by atoms with E-state index in [-0.39, 0.29) is 12.7 Å². The minimum Gasteiger partial charge on any atom is -0.454 e. The molecule has 0 radical (unpaired) electrons. The lowest BCUT2D eigenvalue weighted by atomic mass is 10.2. The topological polar surface area (TPSA) is 121 Å². The van der Waals surface area contributed by atoms with Gasteiger partial charge in [0.2, 0.25) is 18.6 Å². The van der Waals surface area contributed by atoms with Gasteiger partial charge in [0, 0.05) is 22.5 Å². The third kappa shape index (κ3) is 4.69. The minimum atomic E-state index is -0.523. The molecule has 0 saturated carbocycles.